The quantitative estimate of drug-likeness (QED) is 0.885. The van der Waals surface area contributed by atoms with Crippen LogP contribution in [0, 0.1) is 0 Å². The second-order valence-corrected chi connectivity index (χ2v) is 6.44. The average Bonchev–Trinajstić information content (AvgIpc) is 2.74. The summed E-state index contributed by atoms with van der Waals surface area (Å²) in [5, 5.41) is 1.14. The summed E-state index contributed by atoms with van der Waals surface area (Å²) in [5.41, 5.74) is 7.27. The molecule has 102 valence electrons. The number of rotatable bonds is 5. The third-order valence-electron chi connectivity index (χ3n) is 3.41. The van der Waals surface area contributed by atoms with Gasteiger partial charge in [0.1, 0.15) is 0 Å². The minimum Gasteiger partial charge on any atom is -0.351 e. The van der Waals surface area contributed by atoms with Gasteiger partial charge in [-0.3, -0.25) is 0 Å². The summed E-state index contributed by atoms with van der Waals surface area (Å²) < 4.78 is 0. The van der Waals surface area contributed by atoms with Crippen LogP contribution in [0.5, 0.6) is 0 Å². The molecule has 1 unspecified atom stereocenters. The summed E-state index contributed by atoms with van der Waals surface area (Å²) in [7, 11) is 6.35. The summed E-state index contributed by atoms with van der Waals surface area (Å²) in [6.07, 6.45) is 4.62. The Balaban J connectivity index is 1.96. The van der Waals surface area contributed by atoms with Crippen LogP contribution in [-0.2, 0) is 6.42 Å². The topological polar surface area (TPSA) is 45.4 Å². The lowest BCUT2D eigenvalue weighted by atomic mass is 9.99. The molecule has 0 saturated heterocycles. The Kier molecular flexibility index (Phi) is 4.59. The van der Waals surface area contributed by atoms with Crippen LogP contribution in [0.3, 0.4) is 0 Å². The van der Waals surface area contributed by atoms with E-state index < -0.39 is 0 Å². The van der Waals surface area contributed by atoms with E-state index in [4.69, 9.17) is 10.7 Å². The van der Waals surface area contributed by atoms with E-state index in [9.17, 15) is 0 Å². The molecular formula is C13H24N4S. The van der Waals surface area contributed by atoms with E-state index in [0.717, 1.165) is 36.8 Å². The van der Waals surface area contributed by atoms with Crippen molar-refractivity contribution in [1.82, 2.24) is 9.88 Å². The number of fused-ring (bicyclic) bond motifs is 1. The molecule has 0 radical (unpaired) electrons. The lowest BCUT2D eigenvalue weighted by Crippen LogP contribution is -2.23. The Labute approximate surface area is 114 Å². The van der Waals surface area contributed by atoms with Gasteiger partial charge in [-0.15, -0.1) is 11.3 Å². The molecule has 0 aliphatic heterocycles. The Hall–Kier alpha value is -0.650. The normalized spacial score (nSPS) is 19.1. The van der Waals surface area contributed by atoms with Gasteiger partial charge in [-0.25, -0.2) is 4.98 Å². The highest BCUT2D eigenvalue weighted by molar-refractivity contribution is 7.15. The molecule has 0 aromatic carbocycles. The molecule has 0 saturated carbocycles. The number of thiazole rings is 1. The van der Waals surface area contributed by atoms with Crippen molar-refractivity contribution in [3.63, 3.8) is 0 Å². The predicted octanol–water partition coefficient (Wildman–Crippen LogP) is 1.87. The molecule has 0 spiro atoms. The maximum absolute atomic E-state index is 6.12. The first kappa shape index (κ1) is 13.8. The fourth-order valence-corrected chi connectivity index (χ4v) is 3.48. The van der Waals surface area contributed by atoms with Crippen molar-refractivity contribution in [2.75, 3.05) is 39.1 Å². The largest absolute Gasteiger partial charge is 0.351 e. The molecule has 1 aliphatic rings. The predicted molar refractivity (Wildman–Crippen MR) is 78.4 cm³/mol. The molecule has 1 atom stereocenters. The second kappa shape index (κ2) is 5.99. The number of hydrogen-bond acceptors (Lipinski definition) is 5. The molecule has 1 heterocycles. The SMILES string of the molecule is CN(C)CCCN(C)c1nc2c(s1)CCCC2N. The fourth-order valence-electron chi connectivity index (χ4n) is 2.32. The molecule has 1 aliphatic carbocycles. The molecule has 0 amide bonds. The Bertz CT molecular complexity index is 388. The van der Waals surface area contributed by atoms with Gasteiger partial charge >= 0.3 is 0 Å². The van der Waals surface area contributed by atoms with Gasteiger partial charge in [0, 0.05) is 24.5 Å². The van der Waals surface area contributed by atoms with Gasteiger partial charge in [0.15, 0.2) is 5.13 Å². The van der Waals surface area contributed by atoms with Gasteiger partial charge in [0.2, 0.25) is 0 Å². The van der Waals surface area contributed by atoms with Crippen LogP contribution in [0.2, 0.25) is 0 Å². The first-order chi connectivity index (χ1) is 8.58. The van der Waals surface area contributed by atoms with Crippen molar-refractivity contribution >= 4 is 16.5 Å². The molecule has 5 heteroatoms. The Morgan fingerprint density at radius 1 is 1.33 bits per heavy atom. The average molecular weight is 268 g/mol. The van der Waals surface area contributed by atoms with E-state index in [2.05, 4.69) is 30.9 Å². The summed E-state index contributed by atoms with van der Waals surface area (Å²) in [6, 6.07) is 0.161. The molecule has 1 aromatic heterocycles. The van der Waals surface area contributed by atoms with Crippen molar-refractivity contribution in [2.24, 2.45) is 5.73 Å². The van der Waals surface area contributed by atoms with Crippen molar-refractivity contribution in [2.45, 2.75) is 31.7 Å². The molecule has 2 N–H and O–H groups in total. The lowest BCUT2D eigenvalue weighted by molar-refractivity contribution is 0.401. The number of anilines is 1. The van der Waals surface area contributed by atoms with Crippen LogP contribution in [0.15, 0.2) is 0 Å². The van der Waals surface area contributed by atoms with Crippen LogP contribution >= 0.6 is 11.3 Å². The number of nitrogens with two attached hydrogens (primary N) is 1. The highest BCUT2D eigenvalue weighted by atomic mass is 32.1. The standard InChI is InChI=1S/C13H24N4S/c1-16(2)8-5-9-17(3)13-15-12-10(14)6-4-7-11(12)18-13/h10H,4-9,14H2,1-3H3. The first-order valence-electron chi connectivity index (χ1n) is 6.69. The van der Waals surface area contributed by atoms with Gasteiger partial charge in [-0.1, -0.05) is 0 Å². The van der Waals surface area contributed by atoms with Gasteiger partial charge < -0.3 is 15.5 Å². The van der Waals surface area contributed by atoms with Crippen LogP contribution in [0.4, 0.5) is 5.13 Å². The van der Waals surface area contributed by atoms with Crippen molar-refractivity contribution < 1.29 is 0 Å². The van der Waals surface area contributed by atoms with Crippen LogP contribution in [0.25, 0.3) is 0 Å². The minimum absolute atomic E-state index is 0.161. The fraction of sp³-hybridized carbons (Fsp3) is 0.769. The van der Waals surface area contributed by atoms with Gasteiger partial charge in [-0.2, -0.15) is 0 Å². The lowest BCUT2D eigenvalue weighted by Gasteiger charge is -2.17. The first-order valence-corrected chi connectivity index (χ1v) is 7.50. The maximum Gasteiger partial charge on any atom is 0.185 e. The van der Waals surface area contributed by atoms with Crippen molar-refractivity contribution in [3.8, 4) is 0 Å². The number of aromatic nitrogens is 1. The third kappa shape index (κ3) is 3.22. The summed E-state index contributed by atoms with van der Waals surface area (Å²) in [4.78, 5) is 10.6. The van der Waals surface area contributed by atoms with Crippen LogP contribution in [0.1, 0.15) is 35.9 Å². The second-order valence-electron chi connectivity index (χ2n) is 5.38. The van der Waals surface area contributed by atoms with Crippen molar-refractivity contribution in [1.29, 1.82) is 0 Å². The highest BCUT2D eigenvalue weighted by Crippen LogP contribution is 2.35. The zero-order valence-corrected chi connectivity index (χ0v) is 12.5. The zero-order chi connectivity index (χ0) is 13.1. The zero-order valence-electron chi connectivity index (χ0n) is 11.6. The van der Waals surface area contributed by atoms with E-state index in [1.54, 1.807) is 0 Å². The van der Waals surface area contributed by atoms with Gasteiger partial charge in [-0.05, 0) is 46.3 Å². The number of nitrogens with zero attached hydrogens (tertiary/aromatic N) is 3. The summed E-state index contributed by atoms with van der Waals surface area (Å²) in [5.74, 6) is 0. The highest BCUT2D eigenvalue weighted by Gasteiger charge is 2.22. The van der Waals surface area contributed by atoms with Crippen LogP contribution in [-0.4, -0.2) is 44.1 Å². The molecule has 1 aromatic rings. The van der Waals surface area contributed by atoms with E-state index in [0.29, 0.717) is 0 Å². The molecular weight excluding hydrogens is 244 g/mol. The van der Waals surface area contributed by atoms with Gasteiger partial charge in [0.25, 0.3) is 0 Å². The third-order valence-corrected chi connectivity index (χ3v) is 4.66. The van der Waals surface area contributed by atoms with E-state index in [1.807, 2.05) is 11.3 Å². The molecule has 18 heavy (non-hydrogen) atoms. The number of aryl methyl sites for hydroxylation is 1. The number of hydrogen-bond donors (Lipinski definition) is 1. The van der Waals surface area contributed by atoms with Crippen LogP contribution < -0.4 is 10.6 Å². The van der Waals surface area contributed by atoms with E-state index >= 15 is 0 Å². The Morgan fingerprint density at radius 3 is 2.78 bits per heavy atom. The minimum atomic E-state index is 0.161. The summed E-state index contributed by atoms with van der Waals surface area (Å²) in [6.45, 7) is 2.18. The van der Waals surface area contributed by atoms with Crippen molar-refractivity contribution in [3.05, 3.63) is 10.6 Å². The Morgan fingerprint density at radius 2 is 2.11 bits per heavy atom. The van der Waals surface area contributed by atoms with E-state index in [-0.39, 0.29) is 6.04 Å². The molecule has 0 bridgehead atoms. The molecule has 4 nitrogen and oxygen atoms in total. The monoisotopic (exact) mass is 268 g/mol. The van der Waals surface area contributed by atoms with E-state index in [1.165, 1.54) is 17.7 Å². The van der Waals surface area contributed by atoms with Gasteiger partial charge in [0.05, 0.1) is 5.69 Å². The smallest absolute Gasteiger partial charge is 0.185 e. The molecule has 0 fully saturated rings. The maximum atomic E-state index is 6.12. The molecule has 2 rings (SSSR count). The summed E-state index contributed by atoms with van der Waals surface area (Å²) >= 11 is 1.83.